The summed E-state index contributed by atoms with van der Waals surface area (Å²) in [5, 5.41) is 6.91. The van der Waals surface area contributed by atoms with E-state index in [0.717, 1.165) is 18.8 Å². The van der Waals surface area contributed by atoms with Crippen LogP contribution in [0.5, 0.6) is 0 Å². The fourth-order valence-electron chi connectivity index (χ4n) is 2.37. The van der Waals surface area contributed by atoms with Crippen molar-refractivity contribution < 1.29 is 4.79 Å². The Kier molecular flexibility index (Phi) is 5.19. The molecule has 0 bridgehead atoms. The molecule has 1 fully saturated rings. The van der Waals surface area contributed by atoms with Crippen LogP contribution in [0.2, 0.25) is 5.02 Å². The van der Waals surface area contributed by atoms with E-state index in [2.05, 4.69) is 10.6 Å². The lowest BCUT2D eigenvalue weighted by Gasteiger charge is -2.20. The quantitative estimate of drug-likeness (QED) is 0.867. The molecule has 1 aromatic carbocycles. The van der Waals surface area contributed by atoms with E-state index >= 15 is 0 Å². The summed E-state index contributed by atoms with van der Waals surface area (Å²) in [5.41, 5.74) is 0.741. The zero-order chi connectivity index (χ0) is 13.7. The van der Waals surface area contributed by atoms with Gasteiger partial charge < -0.3 is 10.6 Å². The van der Waals surface area contributed by atoms with Gasteiger partial charge in [0.1, 0.15) is 0 Å². The first kappa shape index (κ1) is 14.3. The fraction of sp³-hybridized carbons (Fsp3) is 0.500. The van der Waals surface area contributed by atoms with Crippen LogP contribution in [0.15, 0.2) is 24.3 Å². The van der Waals surface area contributed by atoms with Gasteiger partial charge in [-0.3, -0.25) is 9.69 Å². The van der Waals surface area contributed by atoms with Crippen molar-refractivity contribution in [2.45, 2.75) is 18.9 Å². The molecule has 1 aliphatic heterocycles. The summed E-state index contributed by atoms with van der Waals surface area (Å²) in [5.74, 6) is -0.0113. The van der Waals surface area contributed by atoms with Crippen molar-refractivity contribution in [2.24, 2.45) is 0 Å². The number of anilines is 1. The maximum absolute atomic E-state index is 11.9. The van der Waals surface area contributed by atoms with Gasteiger partial charge in [0.25, 0.3) is 0 Å². The molecule has 1 aromatic rings. The second-order valence-corrected chi connectivity index (χ2v) is 5.48. The van der Waals surface area contributed by atoms with Crippen LogP contribution in [-0.4, -0.2) is 43.5 Å². The van der Waals surface area contributed by atoms with E-state index in [9.17, 15) is 4.79 Å². The van der Waals surface area contributed by atoms with Gasteiger partial charge in [0.05, 0.1) is 6.54 Å². The second-order valence-electron chi connectivity index (χ2n) is 5.05. The third-order valence-electron chi connectivity index (χ3n) is 3.22. The van der Waals surface area contributed by atoms with Gasteiger partial charge in [0.15, 0.2) is 0 Å². The van der Waals surface area contributed by atoms with E-state index in [-0.39, 0.29) is 5.91 Å². The van der Waals surface area contributed by atoms with Crippen LogP contribution in [-0.2, 0) is 4.79 Å². The number of hydrogen-bond donors (Lipinski definition) is 2. The highest BCUT2D eigenvalue weighted by molar-refractivity contribution is 6.30. The molecule has 1 heterocycles. The number of carbonyl (C=O) groups excluding carboxylic acids is 1. The number of nitrogens with zero attached hydrogens (tertiary/aromatic N) is 1. The Morgan fingerprint density at radius 1 is 1.58 bits per heavy atom. The molecule has 19 heavy (non-hydrogen) atoms. The van der Waals surface area contributed by atoms with Crippen LogP contribution in [0.4, 0.5) is 5.69 Å². The van der Waals surface area contributed by atoms with Crippen molar-refractivity contribution in [3.8, 4) is 0 Å². The summed E-state index contributed by atoms with van der Waals surface area (Å²) < 4.78 is 0. The minimum atomic E-state index is -0.0113. The predicted molar refractivity (Wildman–Crippen MR) is 78.6 cm³/mol. The van der Waals surface area contributed by atoms with Gasteiger partial charge in [-0.15, -0.1) is 0 Å². The van der Waals surface area contributed by atoms with Crippen LogP contribution < -0.4 is 10.6 Å². The first-order chi connectivity index (χ1) is 9.13. The molecule has 5 heteroatoms. The summed E-state index contributed by atoms with van der Waals surface area (Å²) in [7, 11) is 1.97. The molecule has 4 nitrogen and oxygen atoms in total. The Labute approximate surface area is 119 Å². The Balaban J connectivity index is 1.77. The molecule has 1 unspecified atom stereocenters. The van der Waals surface area contributed by atoms with Crippen molar-refractivity contribution in [3.63, 3.8) is 0 Å². The lowest BCUT2D eigenvalue weighted by Crippen LogP contribution is -2.39. The van der Waals surface area contributed by atoms with Gasteiger partial charge in [-0.25, -0.2) is 0 Å². The van der Waals surface area contributed by atoms with Crippen molar-refractivity contribution in [1.82, 2.24) is 10.2 Å². The first-order valence-corrected chi connectivity index (χ1v) is 6.98. The third-order valence-corrected chi connectivity index (χ3v) is 3.45. The van der Waals surface area contributed by atoms with Crippen LogP contribution in [0.1, 0.15) is 12.8 Å². The molecular weight excluding hydrogens is 262 g/mol. The van der Waals surface area contributed by atoms with E-state index in [4.69, 9.17) is 11.6 Å². The number of rotatable bonds is 5. The average Bonchev–Trinajstić information content (AvgIpc) is 2.81. The number of amides is 1. The number of benzene rings is 1. The zero-order valence-electron chi connectivity index (χ0n) is 11.2. The van der Waals surface area contributed by atoms with Gasteiger partial charge in [-0.2, -0.15) is 0 Å². The Hall–Kier alpha value is -1.10. The summed E-state index contributed by atoms with van der Waals surface area (Å²) in [6.45, 7) is 2.39. The Morgan fingerprint density at radius 2 is 2.42 bits per heavy atom. The number of nitrogens with one attached hydrogen (secondary N) is 2. The molecule has 1 amide bonds. The van der Waals surface area contributed by atoms with E-state index in [1.54, 1.807) is 12.1 Å². The number of hydrogen-bond acceptors (Lipinski definition) is 3. The highest BCUT2D eigenvalue weighted by Gasteiger charge is 2.17. The molecule has 2 N–H and O–H groups in total. The van der Waals surface area contributed by atoms with Crippen molar-refractivity contribution >= 4 is 23.2 Å². The van der Waals surface area contributed by atoms with Crippen molar-refractivity contribution in [1.29, 1.82) is 0 Å². The topological polar surface area (TPSA) is 44.4 Å². The van der Waals surface area contributed by atoms with E-state index in [1.165, 1.54) is 12.8 Å². The molecule has 0 aliphatic carbocycles. The highest BCUT2D eigenvalue weighted by atomic mass is 35.5. The molecule has 1 aliphatic rings. The standard InChI is InChI=1S/C14H20ClN3O/c1-18(9-13-6-3-7-16-13)10-14(19)17-12-5-2-4-11(15)8-12/h2,4-5,8,13,16H,3,6-7,9-10H2,1H3,(H,17,19). The van der Waals surface area contributed by atoms with E-state index in [1.807, 2.05) is 24.1 Å². The third kappa shape index (κ3) is 4.82. The van der Waals surface area contributed by atoms with E-state index in [0.29, 0.717) is 17.6 Å². The maximum atomic E-state index is 11.9. The summed E-state index contributed by atoms with van der Waals surface area (Å²) in [6.07, 6.45) is 2.42. The molecule has 2 rings (SSSR count). The fourth-order valence-corrected chi connectivity index (χ4v) is 2.56. The first-order valence-electron chi connectivity index (χ1n) is 6.61. The summed E-state index contributed by atoms with van der Waals surface area (Å²) in [4.78, 5) is 13.9. The molecule has 0 radical (unpaired) electrons. The van der Waals surface area contributed by atoms with Gasteiger partial charge in [0.2, 0.25) is 5.91 Å². The summed E-state index contributed by atoms with van der Waals surface area (Å²) >= 11 is 5.88. The van der Waals surface area contributed by atoms with Crippen LogP contribution in [0.3, 0.4) is 0 Å². The maximum Gasteiger partial charge on any atom is 0.238 e. The lowest BCUT2D eigenvalue weighted by atomic mass is 10.2. The second kappa shape index (κ2) is 6.89. The van der Waals surface area contributed by atoms with Crippen LogP contribution in [0, 0.1) is 0 Å². The Morgan fingerprint density at radius 3 is 3.11 bits per heavy atom. The predicted octanol–water partition coefficient (Wildman–Crippen LogP) is 1.96. The normalized spacial score (nSPS) is 18.8. The molecule has 0 aromatic heterocycles. The molecular formula is C14H20ClN3O. The zero-order valence-corrected chi connectivity index (χ0v) is 11.9. The molecule has 0 saturated carbocycles. The smallest absolute Gasteiger partial charge is 0.238 e. The number of likely N-dealkylation sites (N-methyl/N-ethyl adjacent to an activating group) is 1. The SMILES string of the molecule is CN(CC(=O)Nc1cccc(Cl)c1)CC1CCCN1. The molecule has 1 atom stereocenters. The Bertz CT molecular complexity index is 432. The van der Waals surface area contributed by atoms with Gasteiger partial charge >= 0.3 is 0 Å². The average molecular weight is 282 g/mol. The summed E-state index contributed by atoms with van der Waals surface area (Å²) in [6, 6.07) is 7.71. The van der Waals surface area contributed by atoms with Gasteiger partial charge in [-0.05, 0) is 44.6 Å². The number of halogens is 1. The van der Waals surface area contributed by atoms with Gasteiger partial charge in [0, 0.05) is 23.3 Å². The number of carbonyl (C=O) groups is 1. The molecule has 0 spiro atoms. The largest absolute Gasteiger partial charge is 0.325 e. The van der Waals surface area contributed by atoms with E-state index < -0.39 is 0 Å². The molecule has 104 valence electrons. The van der Waals surface area contributed by atoms with Crippen LogP contribution >= 0.6 is 11.6 Å². The van der Waals surface area contributed by atoms with Crippen molar-refractivity contribution in [2.75, 3.05) is 32.0 Å². The minimum Gasteiger partial charge on any atom is -0.325 e. The molecule has 1 saturated heterocycles. The minimum absolute atomic E-state index is 0.0113. The monoisotopic (exact) mass is 281 g/mol. The highest BCUT2D eigenvalue weighted by Crippen LogP contribution is 2.14. The van der Waals surface area contributed by atoms with Crippen molar-refractivity contribution in [3.05, 3.63) is 29.3 Å². The van der Waals surface area contributed by atoms with Gasteiger partial charge in [-0.1, -0.05) is 17.7 Å². The van der Waals surface area contributed by atoms with Crippen LogP contribution in [0.25, 0.3) is 0 Å². The lowest BCUT2D eigenvalue weighted by molar-refractivity contribution is -0.117.